The van der Waals surface area contributed by atoms with E-state index in [0.29, 0.717) is 6.04 Å². The van der Waals surface area contributed by atoms with Crippen LogP contribution in [0, 0.1) is 0 Å². The van der Waals surface area contributed by atoms with E-state index in [-0.39, 0.29) is 0 Å². The van der Waals surface area contributed by atoms with Gasteiger partial charge in [-0.3, -0.25) is 0 Å². The van der Waals surface area contributed by atoms with Crippen molar-refractivity contribution in [3.63, 3.8) is 0 Å². The number of nitrogens with zero attached hydrogens (tertiary/aromatic N) is 2. The van der Waals surface area contributed by atoms with Gasteiger partial charge in [0.25, 0.3) is 0 Å². The largest absolute Gasteiger partial charge is 0.379 e. The molecule has 0 aliphatic carbocycles. The fraction of sp³-hybridized carbons (Fsp3) is 0.556. The Kier molecular flexibility index (Phi) is 2.72. The van der Waals surface area contributed by atoms with Crippen LogP contribution in [0.15, 0.2) is 18.3 Å². The quantitative estimate of drug-likeness (QED) is 0.737. The van der Waals surface area contributed by atoms with Crippen molar-refractivity contribution in [2.75, 3.05) is 18.5 Å². The van der Waals surface area contributed by atoms with Crippen molar-refractivity contribution in [1.82, 2.24) is 10.2 Å². The number of ether oxygens (including phenoxy) is 1. The maximum Gasteiger partial charge on any atom is 0.148 e. The summed E-state index contributed by atoms with van der Waals surface area (Å²) in [6.07, 6.45) is 3.94. The van der Waals surface area contributed by atoms with E-state index < -0.39 is 0 Å². The van der Waals surface area contributed by atoms with Crippen LogP contribution in [0.2, 0.25) is 0 Å². The van der Waals surface area contributed by atoms with Gasteiger partial charge in [-0.1, -0.05) is 0 Å². The van der Waals surface area contributed by atoms with Gasteiger partial charge in [-0.15, -0.1) is 5.10 Å². The summed E-state index contributed by atoms with van der Waals surface area (Å²) in [4.78, 5) is 0. The van der Waals surface area contributed by atoms with E-state index in [1.165, 1.54) is 0 Å². The lowest BCUT2D eigenvalue weighted by molar-refractivity contribution is 0.0875. The SMILES string of the molecule is c1cnnc(NC2CCCOC2)c1. The zero-order valence-electron chi connectivity index (χ0n) is 7.44. The van der Waals surface area contributed by atoms with E-state index in [0.717, 1.165) is 31.9 Å². The van der Waals surface area contributed by atoms with Gasteiger partial charge in [-0.2, -0.15) is 5.10 Å². The van der Waals surface area contributed by atoms with E-state index in [1.54, 1.807) is 6.20 Å². The Hall–Kier alpha value is -1.16. The number of hydrogen-bond donors (Lipinski definition) is 1. The topological polar surface area (TPSA) is 47.0 Å². The van der Waals surface area contributed by atoms with E-state index in [1.807, 2.05) is 12.1 Å². The molecule has 0 bridgehead atoms. The molecule has 1 aromatic heterocycles. The van der Waals surface area contributed by atoms with Gasteiger partial charge in [0.15, 0.2) is 0 Å². The molecule has 1 unspecified atom stereocenters. The predicted octanol–water partition coefficient (Wildman–Crippen LogP) is 1.07. The summed E-state index contributed by atoms with van der Waals surface area (Å²) < 4.78 is 5.34. The second kappa shape index (κ2) is 4.18. The molecule has 0 saturated carbocycles. The van der Waals surface area contributed by atoms with Crippen molar-refractivity contribution in [3.05, 3.63) is 18.3 Å². The monoisotopic (exact) mass is 179 g/mol. The average Bonchev–Trinajstić information content (AvgIpc) is 2.21. The zero-order valence-corrected chi connectivity index (χ0v) is 7.44. The summed E-state index contributed by atoms with van der Waals surface area (Å²) in [7, 11) is 0. The van der Waals surface area contributed by atoms with Gasteiger partial charge in [0.05, 0.1) is 12.6 Å². The number of aromatic nitrogens is 2. The molecule has 70 valence electrons. The summed E-state index contributed by atoms with van der Waals surface area (Å²) in [6, 6.07) is 4.19. The molecule has 1 aliphatic rings. The van der Waals surface area contributed by atoms with Crippen LogP contribution in [-0.2, 0) is 4.74 Å². The highest BCUT2D eigenvalue weighted by Crippen LogP contribution is 2.10. The molecule has 1 fully saturated rings. The van der Waals surface area contributed by atoms with Crippen molar-refractivity contribution in [1.29, 1.82) is 0 Å². The fourth-order valence-electron chi connectivity index (χ4n) is 1.44. The summed E-state index contributed by atoms with van der Waals surface area (Å²) in [6.45, 7) is 1.66. The number of rotatable bonds is 2. The minimum Gasteiger partial charge on any atom is -0.379 e. The van der Waals surface area contributed by atoms with Crippen molar-refractivity contribution in [3.8, 4) is 0 Å². The lowest BCUT2D eigenvalue weighted by atomic mass is 10.1. The normalized spacial score (nSPS) is 22.6. The lowest BCUT2D eigenvalue weighted by Gasteiger charge is -2.23. The first kappa shape index (κ1) is 8.44. The van der Waals surface area contributed by atoms with Crippen LogP contribution in [0.3, 0.4) is 0 Å². The van der Waals surface area contributed by atoms with Crippen LogP contribution in [-0.4, -0.2) is 29.5 Å². The Labute approximate surface area is 77.3 Å². The van der Waals surface area contributed by atoms with Crippen LogP contribution in [0.25, 0.3) is 0 Å². The average molecular weight is 179 g/mol. The molecule has 1 aliphatic heterocycles. The first-order chi connectivity index (χ1) is 6.45. The molecule has 4 nitrogen and oxygen atoms in total. The van der Waals surface area contributed by atoms with Crippen LogP contribution in [0.5, 0.6) is 0 Å². The van der Waals surface area contributed by atoms with Gasteiger partial charge in [-0.25, -0.2) is 0 Å². The third kappa shape index (κ3) is 2.39. The summed E-state index contributed by atoms with van der Waals surface area (Å²) in [5.74, 6) is 0.831. The molecule has 13 heavy (non-hydrogen) atoms. The van der Waals surface area contributed by atoms with E-state index in [2.05, 4.69) is 15.5 Å². The van der Waals surface area contributed by atoms with Gasteiger partial charge in [0.1, 0.15) is 5.82 Å². The number of hydrogen-bond acceptors (Lipinski definition) is 4. The Balaban J connectivity index is 1.90. The van der Waals surface area contributed by atoms with E-state index in [4.69, 9.17) is 4.74 Å². The van der Waals surface area contributed by atoms with Crippen molar-refractivity contribution >= 4 is 5.82 Å². The highest BCUT2D eigenvalue weighted by atomic mass is 16.5. The van der Waals surface area contributed by atoms with E-state index >= 15 is 0 Å². The molecular weight excluding hydrogens is 166 g/mol. The third-order valence-corrected chi connectivity index (χ3v) is 2.08. The maximum absolute atomic E-state index is 5.34. The summed E-state index contributed by atoms with van der Waals surface area (Å²) >= 11 is 0. The molecule has 1 saturated heterocycles. The Morgan fingerprint density at radius 1 is 1.54 bits per heavy atom. The smallest absolute Gasteiger partial charge is 0.148 e. The lowest BCUT2D eigenvalue weighted by Crippen LogP contribution is -2.30. The predicted molar refractivity (Wildman–Crippen MR) is 49.5 cm³/mol. The minimum absolute atomic E-state index is 0.394. The molecule has 1 atom stereocenters. The molecule has 2 heterocycles. The van der Waals surface area contributed by atoms with Crippen molar-refractivity contribution in [2.45, 2.75) is 18.9 Å². The second-order valence-corrected chi connectivity index (χ2v) is 3.17. The van der Waals surface area contributed by atoms with Crippen molar-refractivity contribution < 1.29 is 4.74 Å². The maximum atomic E-state index is 5.34. The van der Waals surface area contributed by atoms with Gasteiger partial charge in [-0.05, 0) is 25.0 Å². The molecule has 0 amide bonds. The van der Waals surface area contributed by atoms with Crippen LogP contribution in [0.1, 0.15) is 12.8 Å². The highest BCUT2D eigenvalue weighted by molar-refractivity contribution is 5.32. The zero-order chi connectivity index (χ0) is 8.93. The fourth-order valence-corrected chi connectivity index (χ4v) is 1.44. The molecule has 1 aromatic rings. The standard InChI is InChI=1S/C9H13N3O/c1-4-9(12-10-5-1)11-8-3-2-6-13-7-8/h1,4-5,8H,2-3,6-7H2,(H,11,12). The Morgan fingerprint density at radius 3 is 3.23 bits per heavy atom. The van der Waals surface area contributed by atoms with Crippen LogP contribution < -0.4 is 5.32 Å². The van der Waals surface area contributed by atoms with E-state index in [9.17, 15) is 0 Å². The third-order valence-electron chi connectivity index (χ3n) is 2.08. The molecule has 1 N–H and O–H groups in total. The first-order valence-corrected chi connectivity index (χ1v) is 4.57. The Morgan fingerprint density at radius 2 is 2.54 bits per heavy atom. The second-order valence-electron chi connectivity index (χ2n) is 3.17. The van der Waals surface area contributed by atoms with Gasteiger partial charge in [0.2, 0.25) is 0 Å². The van der Waals surface area contributed by atoms with Crippen LogP contribution in [0.4, 0.5) is 5.82 Å². The van der Waals surface area contributed by atoms with Gasteiger partial charge >= 0.3 is 0 Å². The Bertz CT molecular complexity index is 246. The highest BCUT2D eigenvalue weighted by Gasteiger charge is 2.13. The molecule has 2 rings (SSSR count). The summed E-state index contributed by atoms with van der Waals surface area (Å²) in [5.41, 5.74) is 0. The molecule has 0 aromatic carbocycles. The minimum atomic E-state index is 0.394. The molecule has 0 spiro atoms. The summed E-state index contributed by atoms with van der Waals surface area (Å²) in [5, 5.41) is 11.0. The molecular formula is C9H13N3O. The first-order valence-electron chi connectivity index (χ1n) is 4.57. The molecule has 0 radical (unpaired) electrons. The number of anilines is 1. The van der Waals surface area contributed by atoms with Gasteiger partial charge < -0.3 is 10.1 Å². The molecule has 4 heteroatoms. The van der Waals surface area contributed by atoms with Crippen LogP contribution >= 0.6 is 0 Å². The van der Waals surface area contributed by atoms with Gasteiger partial charge in [0, 0.05) is 12.8 Å². The van der Waals surface area contributed by atoms with Crippen molar-refractivity contribution in [2.24, 2.45) is 0 Å². The number of nitrogens with one attached hydrogen (secondary N) is 1.